The molecule has 0 saturated carbocycles. The lowest BCUT2D eigenvalue weighted by atomic mass is 9.69. The van der Waals surface area contributed by atoms with Crippen LogP contribution in [0.4, 0.5) is 4.39 Å². The molecule has 2 aromatic carbocycles. The van der Waals surface area contributed by atoms with Crippen molar-refractivity contribution in [3.63, 3.8) is 0 Å². The summed E-state index contributed by atoms with van der Waals surface area (Å²) in [5, 5.41) is 0. The fourth-order valence-corrected chi connectivity index (χ4v) is 4.30. The first-order chi connectivity index (χ1) is 13.3. The first kappa shape index (κ1) is 20.5. The number of nitrogens with two attached hydrogens (primary N) is 1. The van der Waals surface area contributed by atoms with E-state index in [0.29, 0.717) is 19.4 Å². The number of hydrogen-bond donors (Lipinski definition) is 1. The molecule has 0 bridgehead atoms. The Hall–Kier alpha value is -2.21. The van der Waals surface area contributed by atoms with Gasteiger partial charge in [-0.05, 0) is 55.2 Å². The quantitative estimate of drug-likeness (QED) is 0.710. The maximum atomic E-state index is 13.4. The molecule has 1 saturated heterocycles. The van der Waals surface area contributed by atoms with E-state index in [4.69, 9.17) is 5.73 Å². The van der Waals surface area contributed by atoms with Crippen LogP contribution in [0.5, 0.6) is 0 Å². The fraction of sp³-hybridized carbons (Fsp3) is 0.364. The number of amides is 2. The second kappa shape index (κ2) is 8.43. The number of piperidine rings is 1. The highest BCUT2D eigenvalue weighted by Gasteiger charge is 2.41. The van der Waals surface area contributed by atoms with Gasteiger partial charge in [-0.1, -0.05) is 40.2 Å². The molecule has 1 heterocycles. The Morgan fingerprint density at radius 1 is 1.21 bits per heavy atom. The number of primary amides is 1. The van der Waals surface area contributed by atoms with Gasteiger partial charge in [-0.2, -0.15) is 0 Å². The summed E-state index contributed by atoms with van der Waals surface area (Å²) < 4.78 is 14.4. The van der Waals surface area contributed by atoms with E-state index < -0.39 is 5.41 Å². The summed E-state index contributed by atoms with van der Waals surface area (Å²) in [5.41, 5.74) is 6.84. The predicted molar refractivity (Wildman–Crippen MR) is 110 cm³/mol. The van der Waals surface area contributed by atoms with Crippen molar-refractivity contribution in [3.05, 3.63) is 69.9 Å². The standard InChI is InChI=1S/C22H24BrFN2O2/c1-15(16-2-6-18(23)7-3-16)26-13-12-22(14-21(26)28,11-10-20(25)27)17-4-8-19(24)9-5-17/h2-9,15H,10-14H2,1H3,(H2,25,27). The third-order valence-electron chi connectivity index (χ3n) is 5.77. The number of carbonyl (C=O) groups excluding carboxylic acids is 2. The zero-order valence-electron chi connectivity index (χ0n) is 15.8. The smallest absolute Gasteiger partial charge is 0.223 e. The van der Waals surface area contributed by atoms with E-state index >= 15 is 0 Å². The molecule has 0 aliphatic carbocycles. The van der Waals surface area contributed by atoms with Gasteiger partial charge in [0.15, 0.2) is 0 Å². The number of nitrogens with zero attached hydrogens (tertiary/aromatic N) is 1. The van der Waals surface area contributed by atoms with Crippen molar-refractivity contribution >= 4 is 27.7 Å². The molecule has 148 valence electrons. The Labute approximate surface area is 173 Å². The van der Waals surface area contributed by atoms with Crippen LogP contribution in [0.1, 0.15) is 49.8 Å². The lowest BCUT2D eigenvalue weighted by Gasteiger charge is -2.44. The topological polar surface area (TPSA) is 63.4 Å². The summed E-state index contributed by atoms with van der Waals surface area (Å²) >= 11 is 3.43. The van der Waals surface area contributed by atoms with Gasteiger partial charge in [-0.15, -0.1) is 0 Å². The molecule has 0 radical (unpaired) electrons. The third kappa shape index (κ3) is 4.43. The molecular formula is C22H24BrFN2O2. The highest BCUT2D eigenvalue weighted by Crippen LogP contribution is 2.42. The molecule has 4 nitrogen and oxygen atoms in total. The summed E-state index contributed by atoms with van der Waals surface area (Å²) in [6.07, 6.45) is 1.68. The summed E-state index contributed by atoms with van der Waals surface area (Å²) in [4.78, 5) is 26.4. The van der Waals surface area contributed by atoms with Crippen LogP contribution in [-0.2, 0) is 15.0 Å². The molecule has 0 spiro atoms. The van der Waals surface area contributed by atoms with E-state index in [1.54, 1.807) is 12.1 Å². The highest BCUT2D eigenvalue weighted by molar-refractivity contribution is 9.10. The van der Waals surface area contributed by atoms with Crippen LogP contribution in [0, 0.1) is 5.82 Å². The van der Waals surface area contributed by atoms with Crippen molar-refractivity contribution < 1.29 is 14.0 Å². The van der Waals surface area contributed by atoms with Crippen LogP contribution in [0.15, 0.2) is 53.0 Å². The molecule has 2 N–H and O–H groups in total. The highest BCUT2D eigenvalue weighted by atomic mass is 79.9. The van der Waals surface area contributed by atoms with Crippen LogP contribution in [0.3, 0.4) is 0 Å². The fourth-order valence-electron chi connectivity index (χ4n) is 4.04. The minimum atomic E-state index is -0.490. The number of carbonyl (C=O) groups is 2. The SMILES string of the molecule is CC(c1ccc(Br)cc1)N1CCC(CCC(N)=O)(c2ccc(F)cc2)CC1=O. The molecule has 1 fully saturated rings. The Balaban J connectivity index is 1.83. The number of likely N-dealkylation sites (tertiary alicyclic amines) is 1. The van der Waals surface area contributed by atoms with E-state index in [2.05, 4.69) is 15.9 Å². The van der Waals surface area contributed by atoms with Crippen LogP contribution in [-0.4, -0.2) is 23.3 Å². The van der Waals surface area contributed by atoms with Gasteiger partial charge in [0.05, 0.1) is 6.04 Å². The van der Waals surface area contributed by atoms with Crippen LogP contribution in [0.25, 0.3) is 0 Å². The molecule has 6 heteroatoms. The van der Waals surface area contributed by atoms with Crippen LogP contribution in [0.2, 0.25) is 0 Å². The molecule has 1 aliphatic heterocycles. The minimum Gasteiger partial charge on any atom is -0.370 e. The van der Waals surface area contributed by atoms with Crippen LogP contribution < -0.4 is 5.73 Å². The van der Waals surface area contributed by atoms with Gasteiger partial charge >= 0.3 is 0 Å². The maximum Gasteiger partial charge on any atom is 0.223 e. The Morgan fingerprint density at radius 3 is 2.43 bits per heavy atom. The molecule has 2 atom stereocenters. The lowest BCUT2D eigenvalue weighted by molar-refractivity contribution is -0.139. The molecule has 28 heavy (non-hydrogen) atoms. The second-order valence-electron chi connectivity index (χ2n) is 7.49. The van der Waals surface area contributed by atoms with Crippen molar-refractivity contribution in [2.75, 3.05) is 6.54 Å². The van der Waals surface area contributed by atoms with Crippen molar-refractivity contribution in [3.8, 4) is 0 Å². The first-order valence-corrected chi connectivity index (χ1v) is 10.2. The molecule has 2 aromatic rings. The Kier molecular flexibility index (Phi) is 6.18. The molecule has 1 aliphatic rings. The molecule has 0 aromatic heterocycles. The van der Waals surface area contributed by atoms with Crippen molar-refractivity contribution in [1.29, 1.82) is 0 Å². The Morgan fingerprint density at radius 2 is 1.86 bits per heavy atom. The monoisotopic (exact) mass is 446 g/mol. The van der Waals surface area contributed by atoms with Gasteiger partial charge in [-0.25, -0.2) is 4.39 Å². The van der Waals surface area contributed by atoms with E-state index in [-0.39, 0.29) is 36.5 Å². The minimum absolute atomic E-state index is 0.0375. The van der Waals surface area contributed by atoms with Gasteiger partial charge in [-0.3, -0.25) is 9.59 Å². The maximum absolute atomic E-state index is 13.4. The summed E-state index contributed by atoms with van der Waals surface area (Å²) in [7, 11) is 0. The lowest BCUT2D eigenvalue weighted by Crippen LogP contribution is -2.47. The van der Waals surface area contributed by atoms with Gasteiger partial charge in [0, 0.05) is 29.3 Å². The van der Waals surface area contributed by atoms with E-state index in [0.717, 1.165) is 15.6 Å². The molecule has 3 rings (SSSR count). The normalized spacial score (nSPS) is 20.8. The van der Waals surface area contributed by atoms with Gasteiger partial charge < -0.3 is 10.6 Å². The Bertz CT molecular complexity index is 854. The summed E-state index contributed by atoms with van der Waals surface area (Å²) in [5.74, 6) is -0.670. The average Bonchev–Trinajstić information content (AvgIpc) is 2.67. The van der Waals surface area contributed by atoms with Gasteiger partial charge in [0.25, 0.3) is 0 Å². The summed E-state index contributed by atoms with van der Waals surface area (Å²) in [6.45, 7) is 2.60. The predicted octanol–water partition coefficient (Wildman–Crippen LogP) is 4.48. The van der Waals surface area contributed by atoms with Gasteiger partial charge in [0.2, 0.25) is 11.8 Å². The molecule has 2 amide bonds. The van der Waals surface area contributed by atoms with Crippen molar-refractivity contribution in [1.82, 2.24) is 4.90 Å². The molecular weight excluding hydrogens is 423 g/mol. The van der Waals surface area contributed by atoms with E-state index in [9.17, 15) is 14.0 Å². The third-order valence-corrected chi connectivity index (χ3v) is 6.30. The zero-order chi connectivity index (χ0) is 20.3. The van der Waals surface area contributed by atoms with E-state index in [1.807, 2.05) is 36.1 Å². The number of halogens is 2. The number of hydrogen-bond acceptors (Lipinski definition) is 2. The van der Waals surface area contributed by atoms with Crippen LogP contribution >= 0.6 is 15.9 Å². The van der Waals surface area contributed by atoms with Crippen molar-refractivity contribution in [2.24, 2.45) is 5.73 Å². The average molecular weight is 447 g/mol. The van der Waals surface area contributed by atoms with Gasteiger partial charge in [0.1, 0.15) is 5.82 Å². The van der Waals surface area contributed by atoms with Crippen molar-refractivity contribution in [2.45, 2.75) is 44.1 Å². The van der Waals surface area contributed by atoms with E-state index in [1.165, 1.54) is 12.1 Å². The number of rotatable bonds is 6. The second-order valence-corrected chi connectivity index (χ2v) is 8.41. The zero-order valence-corrected chi connectivity index (χ0v) is 17.4. The first-order valence-electron chi connectivity index (χ1n) is 9.40. The largest absolute Gasteiger partial charge is 0.370 e. The number of benzene rings is 2. The molecule has 2 unspecified atom stereocenters. The summed E-state index contributed by atoms with van der Waals surface area (Å²) in [6, 6.07) is 14.2.